The Morgan fingerprint density at radius 1 is 1.12 bits per heavy atom. The lowest BCUT2D eigenvalue weighted by Crippen LogP contribution is -2.48. The molecule has 1 amide bonds. The topological polar surface area (TPSA) is 113 Å². The second-order valence-corrected chi connectivity index (χ2v) is 12.2. The SMILES string of the molecule is C[C@@H](C(=O)NCCOc1ccc(S(=O)(=O)N2CCCC2)cc1)N(c1cccc(Cl)c1)S(C)(=O)=O. The van der Waals surface area contributed by atoms with E-state index in [0.717, 1.165) is 23.4 Å². The van der Waals surface area contributed by atoms with Gasteiger partial charge in [0.1, 0.15) is 18.4 Å². The van der Waals surface area contributed by atoms with E-state index in [1.165, 1.54) is 29.4 Å². The zero-order valence-electron chi connectivity index (χ0n) is 19.0. The number of carbonyl (C=O) groups excluding carboxylic acids is 1. The lowest BCUT2D eigenvalue weighted by atomic mass is 10.2. The average Bonchev–Trinajstić information content (AvgIpc) is 3.32. The van der Waals surface area contributed by atoms with Gasteiger partial charge in [-0.2, -0.15) is 4.31 Å². The highest BCUT2D eigenvalue weighted by Gasteiger charge is 2.29. The van der Waals surface area contributed by atoms with Crippen LogP contribution >= 0.6 is 11.6 Å². The molecule has 0 saturated carbocycles. The summed E-state index contributed by atoms with van der Waals surface area (Å²) in [6.45, 7) is 2.80. The van der Waals surface area contributed by atoms with Crippen LogP contribution in [0.4, 0.5) is 5.69 Å². The van der Waals surface area contributed by atoms with Crippen LogP contribution in [0.5, 0.6) is 5.75 Å². The van der Waals surface area contributed by atoms with E-state index in [0.29, 0.717) is 23.9 Å². The monoisotopic (exact) mass is 529 g/mol. The summed E-state index contributed by atoms with van der Waals surface area (Å²) in [4.78, 5) is 12.8. The number of hydrogen-bond acceptors (Lipinski definition) is 6. The molecular formula is C22H28ClN3O6S2. The molecule has 1 atom stereocenters. The number of amides is 1. The van der Waals surface area contributed by atoms with Gasteiger partial charge in [0.15, 0.2) is 0 Å². The van der Waals surface area contributed by atoms with Crippen LogP contribution < -0.4 is 14.4 Å². The van der Waals surface area contributed by atoms with E-state index in [4.69, 9.17) is 16.3 Å². The maximum atomic E-state index is 12.6. The van der Waals surface area contributed by atoms with Crippen molar-refractivity contribution in [2.75, 3.05) is 36.8 Å². The standard InChI is InChI=1S/C22H28ClN3O6S2/c1-17(26(33(2,28)29)19-7-5-6-18(23)16-19)22(27)24-12-15-32-20-8-10-21(11-9-20)34(30,31)25-13-3-4-14-25/h5-11,16-17H,3-4,12-15H2,1-2H3,(H,24,27)/t17-/m0/s1. The Morgan fingerprint density at radius 2 is 1.76 bits per heavy atom. The van der Waals surface area contributed by atoms with Crippen LogP contribution in [0.1, 0.15) is 19.8 Å². The summed E-state index contributed by atoms with van der Waals surface area (Å²) >= 11 is 5.98. The van der Waals surface area contributed by atoms with Crippen LogP contribution in [0.25, 0.3) is 0 Å². The highest BCUT2D eigenvalue weighted by Crippen LogP contribution is 2.25. The van der Waals surface area contributed by atoms with Gasteiger partial charge in [0, 0.05) is 18.1 Å². The lowest BCUT2D eigenvalue weighted by molar-refractivity contribution is -0.121. The summed E-state index contributed by atoms with van der Waals surface area (Å²) < 4.78 is 57.9. The zero-order valence-corrected chi connectivity index (χ0v) is 21.4. The van der Waals surface area contributed by atoms with Crippen LogP contribution in [0.15, 0.2) is 53.4 Å². The third-order valence-corrected chi connectivity index (χ3v) is 8.74. The van der Waals surface area contributed by atoms with E-state index in [2.05, 4.69) is 5.32 Å². The fourth-order valence-electron chi connectivity index (χ4n) is 3.70. The van der Waals surface area contributed by atoms with Crippen molar-refractivity contribution in [3.8, 4) is 5.75 Å². The van der Waals surface area contributed by atoms with Crippen molar-refractivity contribution < 1.29 is 26.4 Å². The van der Waals surface area contributed by atoms with Crippen molar-refractivity contribution in [2.24, 2.45) is 0 Å². The molecule has 1 aliphatic heterocycles. The quantitative estimate of drug-likeness (QED) is 0.473. The summed E-state index contributed by atoms with van der Waals surface area (Å²) in [5.41, 5.74) is 0.290. The zero-order chi connectivity index (χ0) is 24.9. The number of sulfonamides is 2. The van der Waals surface area contributed by atoms with Crippen molar-refractivity contribution in [3.63, 3.8) is 0 Å². The number of rotatable bonds is 10. The van der Waals surface area contributed by atoms with E-state index >= 15 is 0 Å². The van der Waals surface area contributed by atoms with Crippen molar-refractivity contribution in [3.05, 3.63) is 53.6 Å². The smallest absolute Gasteiger partial charge is 0.243 e. The molecule has 9 nitrogen and oxygen atoms in total. The van der Waals surface area contributed by atoms with Crippen molar-refractivity contribution in [2.45, 2.75) is 30.7 Å². The molecule has 1 N–H and O–H groups in total. The number of hydrogen-bond donors (Lipinski definition) is 1. The van der Waals surface area contributed by atoms with Gasteiger partial charge in [-0.15, -0.1) is 0 Å². The fraction of sp³-hybridized carbons (Fsp3) is 0.409. The predicted octanol–water partition coefficient (Wildman–Crippen LogP) is 2.47. The van der Waals surface area contributed by atoms with Gasteiger partial charge in [0.25, 0.3) is 0 Å². The Labute approximate surface area is 205 Å². The van der Waals surface area contributed by atoms with Gasteiger partial charge in [-0.05, 0) is 62.2 Å². The molecule has 2 aromatic carbocycles. The van der Waals surface area contributed by atoms with E-state index < -0.39 is 32.0 Å². The first-order valence-corrected chi connectivity index (χ1v) is 14.4. The van der Waals surface area contributed by atoms with E-state index in [-0.39, 0.29) is 23.7 Å². The molecule has 1 aliphatic rings. The van der Waals surface area contributed by atoms with Gasteiger partial charge in [0.05, 0.1) is 23.4 Å². The van der Waals surface area contributed by atoms with Crippen molar-refractivity contribution in [1.82, 2.24) is 9.62 Å². The second-order valence-electron chi connectivity index (χ2n) is 7.94. The predicted molar refractivity (Wildman–Crippen MR) is 131 cm³/mol. The molecule has 0 spiro atoms. The van der Waals surface area contributed by atoms with Gasteiger partial charge in [-0.3, -0.25) is 9.10 Å². The Balaban J connectivity index is 1.54. The summed E-state index contributed by atoms with van der Waals surface area (Å²) in [6.07, 6.45) is 2.76. The maximum absolute atomic E-state index is 12.6. The van der Waals surface area contributed by atoms with Gasteiger partial charge in [-0.1, -0.05) is 17.7 Å². The first-order chi connectivity index (χ1) is 16.0. The van der Waals surface area contributed by atoms with E-state index in [9.17, 15) is 21.6 Å². The first-order valence-electron chi connectivity index (χ1n) is 10.8. The van der Waals surface area contributed by atoms with Crippen LogP contribution in [-0.2, 0) is 24.8 Å². The Hall–Kier alpha value is -2.34. The van der Waals surface area contributed by atoms with Crippen LogP contribution in [0.2, 0.25) is 5.02 Å². The molecule has 1 saturated heterocycles. The van der Waals surface area contributed by atoms with Gasteiger partial charge in [-0.25, -0.2) is 16.8 Å². The number of benzene rings is 2. The van der Waals surface area contributed by atoms with Crippen LogP contribution in [0.3, 0.4) is 0 Å². The third kappa shape index (κ3) is 6.41. The van der Waals surface area contributed by atoms with Gasteiger partial charge in [0.2, 0.25) is 26.0 Å². The average molecular weight is 530 g/mol. The Morgan fingerprint density at radius 3 is 2.35 bits per heavy atom. The van der Waals surface area contributed by atoms with Gasteiger partial charge >= 0.3 is 0 Å². The summed E-state index contributed by atoms with van der Waals surface area (Å²) in [6, 6.07) is 11.4. The fourth-order valence-corrected chi connectivity index (χ4v) is 6.57. The Bertz CT molecular complexity index is 1210. The molecule has 1 heterocycles. The van der Waals surface area contributed by atoms with Crippen LogP contribution in [-0.4, -0.2) is 65.6 Å². The van der Waals surface area contributed by atoms with Gasteiger partial charge < -0.3 is 10.1 Å². The second kappa shape index (κ2) is 10.9. The molecule has 0 unspecified atom stereocenters. The minimum atomic E-state index is -3.74. The summed E-state index contributed by atoms with van der Waals surface area (Å²) in [7, 11) is -7.23. The largest absolute Gasteiger partial charge is 0.492 e. The highest BCUT2D eigenvalue weighted by atomic mass is 35.5. The Kier molecular flexibility index (Phi) is 8.45. The molecule has 0 bridgehead atoms. The van der Waals surface area contributed by atoms with Crippen molar-refractivity contribution >= 4 is 43.2 Å². The number of nitrogens with zero attached hydrogens (tertiary/aromatic N) is 2. The number of carbonyl (C=O) groups is 1. The normalized spacial score (nSPS) is 15.6. The molecule has 0 aromatic heterocycles. The van der Waals surface area contributed by atoms with Crippen molar-refractivity contribution in [1.29, 1.82) is 0 Å². The molecule has 34 heavy (non-hydrogen) atoms. The molecular weight excluding hydrogens is 502 g/mol. The maximum Gasteiger partial charge on any atom is 0.243 e. The third-order valence-electron chi connectivity index (χ3n) is 5.35. The molecule has 0 aliphatic carbocycles. The lowest BCUT2D eigenvalue weighted by Gasteiger charge is -2.28. The number of halogens is 1. The molecule has 12 heteroatoms. The van der Waals surface area contributed by atoms with E-state index in [1.54, 1.807) is 30.3 Å². The summed E-state index contributed by atoms with van der Waals surface area (Å²) in [5, 5.41) is 3.01. The highest BCUT2D eigenvalue weighted by molar-refractivity contribution is 7.92. The molecule has 2 aromatic rings. The molecule has 186 valence electrons. The molecule has 3 rings (SSSR count). The number of ether oxygens (including phenoxy) is 1. The minimum Gasteiger partial charge on any atom is -0.492 e. The minimum absolute atomic E-state index is 0.118. The summed E-state index contributed by atoms with van der Waals surface area (Å²) in [5.74, 6) is -0.0413. The number of anilines is 1. The first kappa shape index (κ1) is 26.3. The van der Waals surface area contributed by atoms with E-state index in [1.807, 2.05) is 0 Å². The molecule has 0 radical (unpaired) electrons. The number of nitrogens with one attached hydrogen (secondary N) is 1. The molecule has 1 fully saturated rings. The van der Waals surface area contributed by atoms with Crippen LogP contribution in [0, 0.1) is 0 Å².